The zero-order chi connectivity index (χ0) is 16.9. The second-order valence-corrected chi connectivity index (χ2v) is 8.25. The topological polar surface area (TPSA) is 59.7 Å². The van der Waals surface area contributed by atoms with E-state index < -0.39 is 6.10 Å². The molecule has 2 fully saturated rings. The molecule has 4 rings (SSSR count). The van der Waals surface area contributed by atoms with E-state index in [-0.39, 0.29) is 22.7 Å². The number of ether oxygens (including phenoxy) is 1. The number of hydrogen-bond acceptors (Lipinski definition) is 4. The van der Waals surface area contributed by atoms with Crippen LogP contribution in [0.15, 0.2) is 34.7 Å². The Balaban J connectivity index is 1.69. The minimum absolute atomic E-state index is 0.0734. The van der Waals surface area contributed by atoms with Gasteiger partial charge in [-0.3, -0.25) is 0 Å². The van der Waals surface area contributed by atoms with E-state index in [1.807, 2.05) is 12.3 Å². The predicted octanol–water partition coefficient (Wildman–Crippen LogP) is 3.50. The Morgan fingerprint density at radius 3 is 3.00 bits per heavy atom. The third-order valence-electron chi connectivity index (χ3n) is 7.20. The summed E-state index contributed by atoms with van der Waals surface area (Å²) in [6, 6.07) is 2.02. The smallest absolute Gasteiger partial charge is 0.334 e. The summed E-state index contributed by atoms with van der Waals surface area (Å²) in [5.74, 6) is 0.620. The van der Waals surface area contributed by atoms with Crippen LogP contribution in [0.3, 0.4) is 0 Å². The summed E-state index contributed by atoms with van der Waals surface area (Å²) in [5, 5.41) is 10.4. The number of carbonyl (C=O) groups is 1. The lowest BCUT2D eigenvalue weighted by molar-refractivity contribution is -0.135. The summed E-state index contributed by atoms with van der Waals surface area (Å²) in [5.41, 5.74) is 1.85. The summed E-state index contributed by atoms with van der Waals surface area (Å²) < 4.78 is 10.7. The van der Waals surface area contributed by atoms with Crippen LogP contribution in [0.4, 0.5) is 0 Å². The molecule has 2 aliphatic carbocycles. The molecule has 0 amide bonds. The molecule has 0 radical (unpaired) electrons. The summed E-state index contributed by atoms with van der Waals surface area (Å²) in [4.78, 5) is 12.2. The Bertz CT molecular complexity index is 661. The molecule has 1 saturated carbocycles. The Hall–Kier alpha value is -1.55. The molecule has 1 aromatic heterocycles. The SMILES string of the molecule is C[C@@H]1CC[C@]23COC(=O)C2=C[C@H](O)C[C@H]3[C@]1(C)CCc1ccoc1. The van der Waals surface area contributed by atoms with Crippen LogP contribution in [0, 0.1) is 22.7 Å². The Kier molecular flexibility index (Phi) is 3.64. The third kappa shape index (κ3) is 2.19. The first-order valence-corrected chi connectivity index (χ1v) is 9.04. The Morgan fingerprint density at radius 1 is 1.42 bits per heavy atom. The van der Waals surface area contributed by atoms with Crippen molar-refractivity contribution in [2.24, 2.45) is 22.7 Å². The highest BCUT2D eigenvalue weighted by atomic mass is 16.5. The molecule has 0 aromatic carbocycles. The van der Waals surface area contributed by atoms with Gasteiger partial charge in [-0.15, -0.1) is 0 Å². The van der Waals surface area contributed by atoms with Gasteiger partial charge in [-0.1, -0.05) is 13.8 Å². The Labute approximate surface area is 142 Å². The van der Waals surface area contributed by atoms with Crippen molar-refractivity contribution in [1.82, 2.24) is 0 Å². The second-order valence-electron chi connectivity index (χ2n) is 8.25. The lowest BCUT2D eigenvalue weighted by Crippen LogP contribution is -2.53. The predicted molar refractivity (Wildman–Crippen MR) is 89.1 cm³/mol. The number of furan rings is 1. The average molecular weight is 330 g/mol. The van der Waals surface area contributed by atoms with Crippen molar-refractivity contribution in [3.05, 3.63) is 35.8 Å². The van der Waals surface area contributed by atoms with Gasteiger partial charge in [0.2, 0.25) is 0 Å². The number of aryl methyl sites for hydroxylation is 1. The monoisotopic (exact) mass is 330 g/mol. The maximum atomic E-state index is 12.2. The van der Waals surface area contributed by atoms with Crippen LogP contribution in [-0.2, 0) is 16.0 Å². The molecule has 4 nitrogen and oxygen atoms in total. The fourth-order valence-electron chi connectivity index (χ4n) is 5.50. The second kappa shape index (κ2) is 5.48. The third-order valence-corrected chi connectivity index (χ3v) is 7.20. The maximum Gasteiger partial charge on any atom is 0.334 e. The van der Waals surface area contributed by atoms with Crippen molar-refractivity contribution < 1.29 is 19.1 Å². The van der Waals surface area contributed by atoms with Crippen LogP contribution in [0.5, 0.6) is 0 Å². The van der Waals surface area contributed by atoms with Gasteiger partial charge in [0.25, 0.3) is 0 Å². The van der Waals surface area contributed by atoms with Crippen molar-refractivity contribution in [3.8, 4) is 0 Å². The largest absolute Gasteiger partial charge is 0.472 e. The highest BCUT2D eigenvalue weighted by Gasteiger charge is 2.61. The molecule has 1 N–H and O–H groups in total. The van der Waals surface area contributed by atoms with Crippen LogP contribution in [0.2, 0.25) is 0 Å². The molecule has 3 aliphatic rings. The first-order chi connectivity index (χ1) is 11.5. The minimum Gasteiger partial charge on any atom is -0.472 e. The van der Waals surface area contributed by atoms with Gasteiger partial charge < -0.3 is 14.3 Å². The highest BCUT2D eigenvalue weighted by molar-refractivity contribution is 5.92. The molecule has 5 atom stereocenters. The number of hydrogen-bond donors (Lipinski definition) is 1. The quantitative estimate of drug-likeness (QED) is 0.862. The number of rotatable bonds is 3. The molecular formula is C20H26O4. The minimum atomic E-state index is -0.540. The molecule has 1 aliphatic heterocycles. The van der Waals surface area contributed by atoms with E-state index in [2.05, 4.69) is 13.8 Å². The average Bonchev–Trinajstić information content (AvgIpc) is 3.18. The molecular weight excluding hydrogens is 304 g/mol. The van der Waals surface area contributed by atoms with Gasteiger partial charge >= 0.3 is 5.97 Å². The van der Waals surface area contributed by atoms with E-state index in [0.717, 1.165) is 37.7 Å². The van der Waals surface area contributed by atoms with Gasteiger partial charge in [0.1, 0.15) is 6.61 Å². The van der Waals surface area contributed by atoms with Gasteiger partial charge in [-0.2, -0.15) is 0 Å². The fraction of sp³-hybridized carbons (Fsp3) is 0.650. The van der Waals surface area contributed by atoms with E-state index in [1.165, 1.54) is 5.56 Å². The van der Waals surface area contributed by atoms with Crippen LogP contribution in [0.25, 0.3) is 0 Å². The summed E-state index contributed by atoms with van der Waals surface area (Å²) in [7, 11) is 0. The number of aliphatic hydroxyl groups is 1. The van der Waals surface area contributed by atoms with Crippen LogP contribution in [-0.4, -0.2) is 23.8 Å². The zero-order valence-corrected chi connectivity index (χ0v) is 14.5. The maximum absolute atomic E-state index is 12.2. The standard InChI is InChI=1S/C20H26O4/c1-13-3-7-20-12-24-18(22)16(20)9-15(21)10-17(20)19(13,2)6-4-14-5-8-23-11-14/h5,8-9,11,13,15,17,21H,3-4,6-7,10,12H2,1-2H3/t13-,15+,17+,19-,20+/m1/s1. The van der Waals surface area contributed by atoms with Gasteiger partial charge in [-0.05, 0) is 67.1 Å². The first-order valence-electron chi connectivity index (χ1n) is 9.04. The number of cyclic esters (lactones) is 1. The van der Waals surface area contributed by atoms with Gasteiger partial charge in [0, 0.05) is 11.0 Å². The molecule has 0 unspecified atom stereocenters. The van der Waals surface area contributed by atoms with Crippen molar-refractivity contribution in [3.63, 3.8) is 0 Å². The number of aliphatic hydroxyl groups excluding tert-OH is 1. The molecule has 2 heterocycles. The van der Waals surface area contributed by atoms with E-state index >= 15 is 0 Å². The van der Waals surface area contributed by atoms with Gasteiger partial charge in [0.15, 0.2) is 0 Å². The highest BCUT2D eigenvalue weighted by Crippen LogP contribution is 2.63. The van der Waals surface area contributed by atoms with E-state index in [1.54, 1.807) is 12.3 Å². The van der Waals surface area contributed by atoms with Crippen molar-refractivity contribution in [2.75, 3.05) is 6.61 Å². The van der Waals surface area contributed by atoms with Gasteiger partial charge in [0.05, 0.1) is 18.6 Å². The molecule has 0 bridgehead atoms. The molecule has 24 heavy (non-hydrogen) atoms. The van der Waals surface area contributed by atoms with Crippen LogP contribution >= 0.6 is 0 Å². The van der Waals surface area contributed by atoms with E-state index in [0.29, 0.717) is 12.5 Å². The van der Waals surface area contributed by atoms with Crippen molar-refractivity contribution >= 4 is 5.97 Å². The fourth-order valence-corrected chi connectivity index (χ4v) is 5.50. The summed E-state index contributed by atoms with van der Waals surface area (Å²) in [6.45, 7) is 5.16. The van der Waals surface area contributed by atoms with Crippen LogP contribution in [0.1, 0.15) is 45.1 Å². The first kappa shape index (κ1) is 15.9. The van der Waals surface area contributed by atoms with Gasteiger partial charge in [-0.25, -0.2) is 4.79 Å². The lowest BCUT2D eigenvalue weighted by Gasteiger charge is -2.57. The normalized spacial score (nSPS) is 41.4. The summed E-state index contributed by atoms with van der Waals surface area (Å²) in [6.07, 6.45) is 9.58. The molecule has 4 heteroatoms. The number of esters is 1. The van der Waals surface area contributed by atoms with Crippen molar-refractivity contribution in [2.45, 2.75) is 52.1 Å². The lowest BCUT2D eigenvalue weighted by atomic mass is 9.46. The molecule has 1 spiro atoms. The van der Waals surface area contributed by atoms with E-state index in [4.69, 9.17) is 9.15 Å². The van der Waals surface area contributed by atoms with E-state index in [9.17, 15) is 9.90 Å². The number of carbonyl (C=O) groups excluding carboxylic acids is 1. The van der Waals surface area contributed by atoms with Crippen molar-refractivity contribution in [1.29, 1.82) is 0 Å². The Morgan fingerprint density at radius 2 is 2.25 bits per heavy atom. The molecule has 1 saturated heterocycles. The molecule has 1 aromatic rings. The zero-order valence-electron chi connectivity index (χ0n) is 14.5. The molecule has 130 valence electrons. The summed E-state index contributed by atoms with van der Waals surface area (Å²) >= 11 is 0. The van der Waals surface area contributed by atoms with Crippen LogP contribution < -0.4 is 0 Å².